The lowest BCUT2D eigenvalue weighted by molar-refractivity contribution is -0.119. The van der Waals surface area contributed by atoms with Crippen LogP contribution in [0.1, 0.15) is 34.8 Å². The molecule has 0 saturated heterocycles. The summed E-state index contributed by atoms with van der Waals surface area (Å²) < 4.78 is 0. The summed E-state index contributed by atoms with van der Waals surface area (Å²) >= 11 is 1.59. The minimum Gasteiger partial charge on any atom is -0.343 e. The van der Waals surface area contributed by atoms with Crippen LogP contribution in [-0.4, -0.2) is 16.6 Å². The summed E-state index contributed by atoms with van der Waals surface area (Å²) in [4.78, 5) is 18.3. The van der Waals surface area contributed by atoms with E-state index >= 15 is 0 Å². The Morgan fingerprint density at radius 1 is 1.00 bits per heavy atom. The van der Waals surface area contributed by atoms with Gasteiger partial charge in [0.05, 0.1) is 17.5 Å². The van der Waals surface area contributed by atoms with E-state index in [1.165, 1.54) is 28.9 Å². The molecule has 2 aromatic carbocycles. The first-order chi connectivity index (χ1) is 13.3. The highest BCUT2D eigenvalue weighted by molar-refractivity contribution is 8.00. The maximum absolute atomic E-state index is 12.6. The topological polar surface area (TPSA) is 42.0 Å². The third-order valence-electron chi connectivity index (χ3n) is 4.86. The number of pyridine rings is 1. The van der Waals surface area contributed by atoms with E-state index in [1.54, 1.807) is 18.0 Å². The van der Waals surface area contributed by atoms with Gasteiger partial charge in [-0.3, -0.25) is 9.78 Å². The Balaban J connectivity index is 1.44. The van der Waals surface area contributed by atoms with Crippen LogP contribution in [0.4, 0.5) is 0 Å². The fourth-order valence-corrected chi connectivity index (χ4v) is 4.28. The molecule has 0 bridgehead atoms. The zero-order valence-electron chi connectivity index (χ0n) is 15.1. The number of hydrogen-bond donors (Lipinski definition) is 1. The molecule has 0 saturated carbocycles. The summed E-state index contributed by atoms with van der Waals surface area (Å²) in [6.07, 6.45) is 5.35. The van der Waals surface area contributed by atoms with Crippen molar-refractivity contribution >= 4 is 17.7 Å². The second kappa shape index (κ2) is 8.40. The molecule has 1 atom stereocenters. The zero-order chi connectivity index (χ0) is 18.5. The van der Waals surface area contributed by atoms with Crippen molar-refractivity contribution in [2.45, 2.75) is 30.2 Å². The van der Waals surface area contributed by atoms with Crippen LogP contribution in [0.2, 0.25) is 0 Å². The molecule has 3 nitrogen and oxygen atoms in total. The Morgan fingerprint density at radius 3 is 2.63 bits per heavy atom. The van der Waals surface area contributed by atoms with Gasteiger partial charge in [0.1, 0.15) is 0 Å². The second-order valence-electron chi connectivity index (χ2n) is 6.74. The summed E-state index contributed by atoms with van der Waals surface area (Å²) in [7, 11) is 0. The second-order valence-corrected chi connectivity index (χ2v) is 7.79. The summed E-state index contributed by atoms with van der Waals surface area (Å²) in [5.41, 5.74) is 4.78. The van der Waals surface area contributed by atoms with Gasteiger partial charge < -0.3 is 5.32 Å². The third-order valence-corrected chi connectivity index (χ3v) is 5.86. The van der Waals surface area contributed by atoms with Crippen molar-refractivity contribution in [3.8, 4) is 0 Å². The van der Waals surface area contributed by atoms with Crippen LogP contribution in [0.25, 0.3) is 0 Å². The Bertz CT molecular complexity index is 873. The lowest BCUT2D eigenvalue weighted by Gasteiger charge is -2.19. The lowest BCUT2D eigenvalue weighted by atomic mass is 10.0. The van der Waals surface area contributed by atoms with E-state index in [0.717, 1.165) is 17.7 Å². The molecular formula is C23H22N2OS. The van der Waals surface area contributed by atoms with Gasteiger partial charge in [-0.15, -0.1) is 11.8 Å². The molecule has 1 aliphatic carbocycles. The van der Waals surface area contributed by atoms with E-state index in [4.69, 9.17) is 0 Å². The molecule has 0 fully saturated rings. The maximum atomic E-state index is 12.6. The molecule has 1 aliphatic rings. The molecule has 1 heterocycles. The fourth-order valence-electron chi connectivity index (χ4n) is 3.51. The van der Waals surface area contributed by atoms with Gasteiger partial charge in [-0.2, -0.15) is 0 Å². The number of nitrogens with zero attached hydrogens (tertiary/aromatic N) is 1. The molecular weight excluding hydrogens is 352 g/mol. The molecule has 4 heteroatoms. The molecule has 0 aliphatic heterocycles. The molecule has 0 spiro atoms. The van der Waals surface area contributed by atoms with Gasteiger partial charge in [0.15, 0.2) is 0 Å². The summed E-state index contributed by atoms with van der Waals surface area (Å²) in [5.74, 6) is 0.412. The molecule has 136 valence electrons. The number of rotatable bonds is 6. The number of carbonyl (C=O) groups is 1. The highest BCUT2D eigenvalue weighted by Gasteiger charge is 2.18. The van der Waals surface area contributed by atoms with Gasteiger partial charge in [0, 0.05) is 11.1 Å². The Kier molecular flexibility index (Phi) is 5.54. The quantitative estimate of drug-likeness (QED) is 0.643. The van der Waals surface area contributed by atoms with Crippen LogP contribution in [-0.2, 0) is 17.6 Å². The molecule has 1 amide bonds. The van der Waals surface area contributed by atoms with Crippen molar-refractivity contribution in [1.29, 1.82) is 0 Å². The first-order valence-electron chi connectivity index (χ1n) is 9.29. The number of carbonyl (C=O) groups excluding carboxylic acids is 1. The average molecular weight is 375 g/mol. The fraction of sp³-hybridized carbons (Fsp3) is 0.217. The van der Waals surface area contributed by atoms with Crippen LogP contribution >= 0.6 is 11.8 Å². The van der Waals surface area contributed by atoms with Crippen molar-refractivity contribution in [2.24, 2.45) is 0 Å². The average Bonchev–Trinajstić information content (AvgIpc) is 3.20. The SMILES string of the molecule is O=C(CSc1ccc2c(c1)CCC2)NC(c1ccccc1)c1ccccn1. The number of hydrogen-bond acceptors (Lipinski definition) is 3. The first kappa shape index (κ1) is 17.8. The summed E-state index contributed by atoms with van der Waals surface area (Å²) in [5, 5.41) is 3.15. The lowest BCUT2D eigenvalue weighted by Crippen LogP contribution is -2.31. The Hall–Kier alpha value is -2.59. The van der Waals surface area contributed by atoms with Crippen LogP contribution in [0.15, 0.2) is 77.8 Å². The van der Waals surface area contributed by atoms with E-state index in [1.807, 2.05) is 48.5 Å². The smallest absolute Gasteiger partial charge is 0.231 e. The molecule has 3 aromatic rings. The van der Waals surface area contributed by atoms with E-state index in [9.17, 15) is 4.79 Å². The van der Waals surface area contributed by atoms with Gasteiger partial charge in [-0.1, -0.05) is 42.5 Å². The molecule has 1 unspecified atom stereocenters. The van der Waals surface area contributed by atoms with Gasteiger partial charge in [0.25, 0.3) is 0 Å². The van der Waals surface area contributed by atoms with Crippen molar-refractivity contribution in [3.63, 3.8) is 0 Å². The zero-order valence-corrected chi connectivity index (χ0v) is 15.9. The van der Waals surface area contributed by atoms with Crippen LogP contribution in [0.3, 0.4) is 0 Å². The normalized spacial score (nSPS) is 13.8. The molecule has 4 rings (SSSR count). The van der Waals surface area contributed by atoms with Gasteiger partial charge >= 0.3 is 0 Å². The standard InChI is InChI=1S/C23H22N2OS/c26-22(16-27-20-13-12-17-9-6-10-19(17)15-20)25-23(18-7-2-1-3-8-18)21-11-4-5-14-24-21/h1-5,7-8,11-15,23H,6,9-10,16H2,(H,25,26). The number of benzene rings is 2. The van der Waals surface area contributed by atoms with Gasteiger partial charge in [-0.05, 0) is 60.2 Å². The Morgan fingerprint density at radius 2 is 1.81 bits per heavy atom. The minimum atomic E-state index is -0.236. The van der Waals surface area contributed by atoms with E-state index in [0.29, 0.717) is 5.75 Å². The number of aryl methyl sites for hydroxylation is 2. The van der Waals surface area contributed by atoms with Crippen molar-refractivity contribution in [3.05, 3.63) is 95.3 Å². The van der Waals surface area contributed by atoms with E-state index in [-0.39, 0.29) is 11.9 Å². The van der Waals surface area contributed by atoms with Crippen molar-refractivity contribution in [2.75, 3.05) is 5.75 Å². The molecule has 1 aromatic heterocycles. The maximum Gasteiger partial charge on any atom is 0.231 e. The molecule has 0 radical (unpaired) electrons. The number of fused-ring (bicyclic) bond motifs is 1. The first-order valence-corrected chi connectivity index (χ1v) is 10.3. The van der Waals surface area contributed by atoms with Crippen LogP contribution in [0, 0.1) is 0 Å². The van der Waals surface area contributed by atoms with Gasteiger partial charge in [-0.25, -0.2) is 0 Å². The number of nitrogens with one attached hydrogen (secondary N) is 1. The summed E-state index contributed by atoms with van der Waals surface area (Å²) in [6, 6.07) is 22.1. The van der Waals surface area contributed by atoms with E-state index < -0.39 is 0 Å². The third kappa shape index (κ3) is 4.40. The minimum absolute atomic E-state index is 0.0139. The van der Waals surface area contributed by atoms with Crippen LogP contribution in [0.5, 0.6) is 0 Å². The monoisotopic (exact) mass is 374 g/mol. The number of amides is 1. The highest BCUT2D eigenvalue weighted by Crippen LogP contribution is 2.28. The Labute approximate surface area is 164 Å². The van der Waals surface area contributed by atoms with Gasteiger partial charge in [0.2, 0.25) is 5.91 Å². The highest BCUT2D eigenvalue weighted by atomic mass is 32.2. The van der Waals surface area contributed by atoms with Crippen molar-refractivity contribution < 1.29 is 4.79 Å². The summed E-state index contributed by atoms with van der Waals surface area (Å²) in [6.45, 7) is 0. The van der Waals surface area contributed by atoms with Crippen molar-refractivity contribution in [1.82, 2.24) is 10.3 Å². The molecule has 27 heavy (non-hydrogen) atoms. The number of thioether (sulfide) groups is 1. The predicted octanol–water partition coefficient (Wildman–Crippen LogP) is 4.57. The predicted molar refractivity (Wildman–Crippen MR) is 110 cm³/mol. The largest absolute Gasteiger partial charge is 0.343 e. The number of aromatic nitrogens is 1. The van der Waals surface area contributed by atoms with Crippen LogP contribution < -0.4 is 5.32 Å². The van der Waals surface area contributed by atoms with E-state index in [2.05, 4.69) is 28.5 Å². The molecule has 1 N–H and O–H groups in total.